The number of pyridine rings is 1. The van der Waals surface area contributed by atoms with Gasteiger partial charge >= 0.3 is 0 Å². The number of amides is 1. The van der Waals surface area contributed by atoms with E-state index in [1.807, 2.05) is 6.07 Å². The third kappa shape index (κ3) is 3.77. The molecule has 1 amide bonds. The maximum atomic E-state index is 13.1. The van der Waals surface area contributed by atoms with Crippen molar-refractivity contribution in [3.63, 3.8) is 0 Å². The van der Waals surface area contributed by atoms with E-state index in [9.17, 15) is 9.18 Å². The maximum Gasteiger partial charge on any atom is 0.254 e. The van der Waals surface area contributed by atoms with Crippen molar-refractivity contribution in [2.75, 3.05) is 12.3 Å². The highest BCUT2D eigenvalue weighted by Gasteiger charge is 2.25. The van der Waals surface area contributed by atoms with Crippen molar-refractivity contribution < 1.29 is 13.9 Å². The van der Waals surface area contributed by atoms with E-state index in [0.717, 1.165) is 11.1 Å². The smallest absolute Gasteiger partial charge is 0.254 e. The van der Waals surface area contributed by atoms with Gasteiger partial charge in [-0.1, -0.05) is 23.7 Å². The van der Waals surface area contributed by atoms with Crippen molar-refractivity contribution in [2.45, 2.75) is 13.0 Å². The number of hydrogen-bond donors (Lipinski definition) is 1. The van der Waals surface area contributed by atoms with Crippen LogP contribution in [0.4, 0.5) is 10.1 Å². The lowest BCUT2D eigenvalue weighted by Gasteiger charge is -2.29. The molecule has 0 fully saturated rings. The fraction of sp³-hybridized carbons (Fsp3) is 0.143. The molecule has 0 bridgehead atoms. The summed E-state index contributed by atoms with van der Waals surface area (Å²) in [5.74, 6) is 0.469. The molecular weight excluding hydrogens is 381 g/mol. The van der Waals surface area contributed by atoms with E-state index in [0.29, 0.717) is 41.5 Å². The normalized spacial score (nSPS) is 13.4. The van der Waals surface area contributed by atoms with E-state index >= 15 is 0 Å². The molecule has 0 atom stereocenters. The number of rotatable bonds is 4. The number of nitrogens with zero attached hydrogens (tertiary/aromatic N) is 2. The fourth-order valence-corrected chi connectivity index (χ4v) is 3.38. The first-order valence-corrected chi connectivity index (χ1v) is 9.13. The van der Waals surface area contributed by atoms with Gasteiger partial charge in [-0.15, -0.1) is 0 Å². The number of benzene rings is 2. The van der Waals surface area contributed by atoms with E-state index < -0.39 is 0 Å². The van der Waals surface area contributed by atoms with Crippen LogP contribution in [-0.4, -0.2) is 22.3 Å². The minimum Gasteiger partial charge on any atom is -0.438 e. The molecule has 0 unspecified atom stereocenters. The number of nitrogens with two attached hydrogens (primary N) is 1. The minimum atomic E-state index is -0.290. The lowest BCUT2D eigenvalue weighted by molar-refractivity contribution is 0.0727. The molecule has 2 N–H and O–H groups in total. The van der Waals surface area contributed by atoms with E-state index in [1.54, 1.807) is 35.2 Å². The van der Waals surface area contributed by atoms with Crippen molar-refractivity contribution in [1.29, 1.82) is 0 Å². The number of ether oxygens (including phenoxy) is 1. The zero-order chi connectivity index (χ0) is 19.7. The number of anilines is 1. The summed E-state index contributed by atoms with van der Waals surface area (Å²) < 4.78 is 18.8. The van der Waals surface area contributed by atoms with Crippen LogP contribution < -0.4 is 10.5 Å². The lowest BCUT2D eigenvalue weighted by Crippen LogP contribution is -2.37. The Kier molecular flexibility index (Phi) is 4.88. The number of aromatic nitrogens is 1. The highest BCUT2D eigenvalue weighted by atomic mass is 35.5. The molecule has 1 aromatic heterocycles. The van der Waals surface area contributed by atoms with Crippen LogP contribution in [0.25, 0.3) is 0 Å². The summed E-state index contributed by atoms with van der Waals surface area (Å²) in [4.78, 5) is 18.7. The van der Waals surface area contributed by atoms with Crippen molar-refractivity contribution in [1.82, 2.24) is 9.88 Å². The third-order valence-electron chi connectivity index (χ3n) is 4.58. The molecule has 3 aromatic rings. The average Bonchev–Trinajstić information content (AvgIpc) is 2.68. The van der Waals surface area contributed by atoms with Gasteiger partial charge in [-0.3, -0.25) is 4.79 Å². The molecule has 5 nitrogen and oxygen atoms in total. The Morgan fingerprint density at radius 1 is 1.18 bits per heavy atom. The SMILES string of the molecule is Nc1cnc(Oc2ccc3c(c2)CCN(Cc2ccc(F)cc2)C3=O)c(Cl)c1. The van der Waals surface area contributed by atoms with Gasteiger partial charge in [0.2, 0.25) is 5.88 Å². The fourth-order valence-electron chi connectivity index (χ4n) is 3.16. The highest BCUT2D eigenvalue weighted by Crippen LogP contribution is 2.31. The van der Waals surface area contributed by atoms with Crippen LogP contribution in [0.3, 0.4) is 0 Å². The Morgan fingerprint density at radius 3 is 2.71 bits per heavy atom. The van der Waals surface area contributed by atoms with Crippen LogP contribution in [0.2, 0.25) is 5.02 Å². The van der Waals surface area contributed by atoms with Crippen molar-refractivity contribution >= 4 is 23.2 Å². The summed E-state index contributed by atoms with van der Waals surface area (Å²) in [6.07, 6.45) is 2.17. The molecule has 142 valence electrons. The van der Waals surface area contributed by atoms with Crippen LogP contribution in [0.1, 0.15) is 21.5 Å². The zero-order valence-electron chi connectivity index (χ0n) is 14.9. The number of halogens is 2. The number of nitrogen functional groups attached to an aromatic ring is 1. The van der Waals surface area contributed by atoms with Gasteiger partial charge in [-0.2, -0.15) is 0 Å². The summed E-state index contributed by atoms with van der Waals surface area (Å²) in [6.45, 7) is 1.02. The Labute approximate surface area is 166 Å². The molecule has 7 heteroatoms. The molecule has 2 aromatic carbocycles. The standard InChI is InChI=1S/C21H17ClFN3O2/c22-19-10-16(24)11-25-20(19)28-17-5-6-18-14(9-17)7-8-26(21(18)27)12-13-1-3-15(23)4-2-13/h1-6,9-11H,7-8,12,24H2. The van der Waals surface area contributed by atoms with Crippen molar-refractivity contribution in [3.8, 4) is 11.6 Å². The predicted octanol–water partition coefficient (Wildman–Crippen LogP) is 4.45. The minimum absolute atomic E-state index is 0.0548. The monoisotopic (exact) mass is 397 g/mol. The Bertz CT molecular complexity index is 1040. The summed E-state index contributed by atoms with van der Waals surface area (Å²) in [7, 11) is 0. The van der Waals surface area contributed by atoms with Crippen LogP contribution in [0.15, 0.2) is 54.7 Å². The molecule has 0 aliphatic carbocycles. The summed E-state index contributed by atoms with van der Waals surface area (Å²) >= 11 is 6.10. The number of carbonyl (C=O) groups excluding carboxylic acids is 1. The second kappa shape index (κ2) is 7.48. The van der Waals surface area contributed by atoms with E-state index in [4.69, 9.17) is 22.1 Å². The lowest BCUT2D eigenvalue weighted by atomic mass is 9.98. The average molecular weight is 398 g/mol. The van der Waals surface area contributed by atoms with Crippen LogP contribution in [0, 0.1) is 5.82 Å². The molecule has 0 spiro atoms. The van der Waals surface area contributed by atoms with Crippen molar-refractivity contribution in [2.24, 2.45) is 0 Å². The van der Waals surface area contributed by atoms with Gasteiger partial charge in [0.25, 0.3) is 5.91 Å². The van der Waals surface area contributed by atoms with Gasteiger partial charge in [0.1, 0.15) is 16.6 Å². The first-order valence-electron chi connectivity index (χ1n) is 8.75. The van der Waals surface area contributed by atoms with E-state index in [2.05, 4.69) is 4.98 Å². The first-order chi connectivity index (χ1) is 13.5. The largest absolute Gasteiger partial charge is 0.438 e. The predicted molar refractivity (Wildman–Crippen MR) is 105 cm³/mol. The van der Waals surface area contributed by atoms with Gasteiger partial charge in [-0.05, 0) is 53.9 Å². The molecule has 0 radical (unpaired) electrons. The first kappa shape index (κ1) is 18.3. The van der Waals surface area contributed by atoms with Crippen LogP contribution in [-0.2, 0) is 13.0 Å². The highest BCUT2D eigenvalue weighted by molar-refractivity contribution is 6.32. The van der Waals surface area contributed by atoms with Gasteiger partial charge in [0, 0.05) is 18.7 Å². The van der Waals surface area contributed by atoms with E-state index in [1.165, 1.54) is 18.3 Å². The van der Waals surface area contributed by atoms with Gasteiger partial charge in [0.05, 0.1) is 11.9 Å². The van der Waals surface area contributed by atoms with Crippen LogP contribution in [0.5, 0.6) is 11.6 Å². The molecule has 28 heavy (non-hydrogen) atoms. The number of carbonyl (C=O) groups is 1. The van der Waals surface area contributed by atoms with Crippen molar-refractivity contribution in [3.05, 3.63) is 82.3 Å². The Morgan fingerprint density at radius 2 is 1.96 bits per heavy atom. The molecule has 1 aliphatic rings. The molecular formula is C21H17ClFN3O2. The maximum absolute atomic E-state index is 13.1. The van der Waals surface area contributed by atoms with Crippen LogP contribution >= 0.6 is 11.6 Å². The Hall–Kier alpha value is -3.12. The van der Waals surface area contributed by atoms with Gasteiger partial charge in [-0.25, -0.2) is 9.37 Å². The van der Waals surface area contributed by atoms with Gasteiger partial charge in [0.15, 0.2) is 0 Å². The molecule has 1 aliphatic heterocycles. The van der Waals surface area contributed by atoms with Gasteiger partial charge < -0.3 is 15.4 Å². The molecule has 0 saturated heterocycles. The zero-order valence-corrected chi connectivity index (χ0v) is 15.6. The second-order valence-electron chi connectivity index (χ2n) is 6.58. The van der Waals surface area contributed by atoms with E-state index in [-0.39, 0.29) is 17.6 Å². The second-order valence-corrected chi connectivity index (χ2v) is 6.99. The Balaban J connectivity index is 1.51. The third-order valence-corrected chi connectivity index (χ3v) is 4.85. The molecule has 4 rings (SSSR count). The quantitative estimate of drug-likeness (QED) is 0.706. The molecule has 0 saturated carbocycles. The number of hydrogen-bond acceptors (Lipinski definition) is 4. The molecule has 2 heterocycles. The summed E-state index contributed by atoms with van der Waals surface area (Å²) in [6, 6.07) is 13.0. The summed E-state index contributed by atoms with van der Waals surface area (Å²) in [5.41, 5.74) is 8.53. The topological polar surface area (TPSA) is 68.5 Å². The number of fused-ring (bicyclic) bond motifs is 1. The summed E-state index contributed by atoms with van der Waals surface area (Å²) in [5, 5.41) is 0.319.